The van der Waals surface area contributed by atoms with Gasteiger partial charge in [-0.15, -0.1) is 0 Å². The highest BCUT2D eigenvalue weighted by atomic mass is 16.2. The molecule has 1 heterocycles. The quantitative estimate of drug-likeness (QED) is 0.686. The Balaban J connectivity index is 2.44. The van der Waals surface area contributed by atoms with E-state index >= 15 is 0 Å². The summed E-state index contributed by atoms with van der Waals surface area (Å²) in [5.41, 5.74) is 0. The molecular formula is C10H17N3O. The molecule has 0 saturated carbocycles. The molecule has 1 aliphatic rings. The smallest absolute Gasteiger partial charge is 0.317 e. The van der Waals surface area contributed by atoms with E-state index < -0.39 is 0 Å². The molecule has 1 rings (SSSR count). The Bertz CT molecular complexity index is 244. The summed E-state index contributed by atoms with van der Waals surface area (Å²) in [6.45, 7) is 5.22. The van der Waals surface area contributed by atoms with Gasteiger partial charge in [0.25, 0.3) is 0 Å². The van der Waals surface area contributed by atoms with Gasteiger partial charge in [-0.3, -0.25) is 0 Å². The molecule has 0 aliphatic carbocycles. The predicted molar refractivity (Wildman–Crippen MR) is 53.6 cm³/mol. The van der Waals surface area contributed by atoms with Gasteiger partial charge in [0.15, 0.2) is 0 Å². The average Bonchev–Trinajstić information content (AvgIpc) is 2.17. The van der Waals surface area contributed by atoms with Gasteiger partial charge < -0.3 is 10.2 Å². The Labute approximate surface area is 84.9 Å². The predicted octanol–water partition coefficient (Wildman–Crippen LogP) is 1.34. The van der Waals surface area contributed by atoms with E-state index in [2.05, 4.69) is 11.4 Å². The molecule has 0 spiro atoms. The molecule has 14 heavy (non-hydrogen) atoms. The molecule has 1 saturated heterocycles. The van der Waals surface area contributed by atoms with Crippen LogP contribution >= 0.6 is 0 Å². The number of carbonyl (C=O) groups is 1. The highest BCUT2D eigenvalue weighted by Crippen LogP contribution is 2.15. The fourth-order valence-corrected chi connectivity index (χ4v) is 1.61. The molecule has 4 nitrogen and oxygen atoms in total. The molecule has 0 bridgehead atoms. The third kappa shape index (κ3) is 2.91. The molecular weight excluding hydrogens is 178 g/mol. The zero-order valence-electron chi connectivity index (χ0n) is 8.79. The minimum absolute atomic E-state index is 0.0154. The molecule has 2 amide bonds. The van der Waals surface area contributed by atoms with Crippen LogP contribution in [-0.4, -0.2) is 30.1 Å². The Morgan fingerprint density at radius 3 is 2.93 bits per heavy atom. The van der Waals surface area contributed by atoms with Crippen molar-refractivity contribution in [3.8, 4) is 6.07 Å². The normalized spacial score (nSPS) is 21.9. The second kappa shape index (κ2) is 4.85. The van der Waals surface area contributed by atoms with E-state index in [1.807, 2.05) is 13.8 Å². The van der Waals surface area contributed by atoms with Gasteiger partial charge in [0.1, 0.15) is 0 Å². The summed E-state index contributed by atoms with van der Waals surface area (Å²) in [5, 5.41) is 11.6. The third-order valence-corrected chi connectivity index (χ3v) is 2.30. The SMILES string of the molecule is CC(C)NC(=O)N1CCCC(C#N)C1. The standard InChI is InChI=1S/C10H17N3O/c1-8(2)12-10(14)13-5-3-4-9(6-11)7-13/h8-9H,3-5,7H2,1-2H3,(H,12,14). The van der Waals surface area contributed by atoms with Crippen LogP contribution in [0.15, 0.2) is 0 Å². The number of likely N-dealkylation sites (tertiary alicyclic amines) is 1. The van der Waals surface area contributed by atoms with Crippen molar-refractivity contribution in [1.82, 2.24) is 10.2 Å². The van der Waals surface area contributed by atoms with Gasteiger partial charge >= 0.3 is 6.03 Å². The van der Waals surface area contributed by atoms with Crippen molar-refractivity contribution >= 4 is 6.03 Å². The van der Waals surface area contributed by atoms with Crippen molar-refractivity contribution in [2.45, 2.75) is 32.7 Å². The number of urea groups is 1. The van der Waals surface area contributed by atoms with Crippen molar-refractivity contribution in [1.29, 1.82) is 5.26 Å². The van der Waals surface area contributed by atoms with Gasteiger partial charge in [0, 0.05) is 19.1 Å². The first kappa shape index (κ1) is 10.8. The van der Waals surface area contributed by atoms with Crippen molar-refractivity contribution in [2.75, 3.05) is 13.1 Å². The first-order valence-electron chi connectivity index (χ1n) is 5.08. The van der Waals surface area contributed by atoms with Crippen molar-refractivity contribution in [3.63, 3.8) is 0 Å². The van der Waals surface area contributed by atoms with E-state index in [1.54, 1.807) is 4.90 Å². The molecule has 0 aromatic rings. The number of amides is 2. The molecule has 1 fully saturated rings. The minimum atomic E-state index is -0.0417. The Morgan fingerprint density at radius 2 is 2.36 bits per heavy atom. The van der Waals surface area contributed by atoms with Gasteiger partial charge in [-0.25, -0.2) is 4.79 Å². The summed E-state index contributed by atoms with van der Waals surface area (Å²) in [6.07, 6.45) is 1.85. The average molecular weight is 195 g/mol. The summed E-state index contributed by atoms with van der Waals surface area (Å²) in [5.74, 6) is 0.0154. The number of nitriles is 1. The maximum atomic E-state index is 11.6. The van der Waals surface area contributed by atoms with Gasteiger partial charge in [0.2, 0.25) is 0 Å². The lowest BCUT2D eigenvalue weighted by molar-refractivity contribution is 0.174. The molecule has 1 N–H and O–H groups in total. The second-order valence-electron chi connectivity index (χ2n) is 4.02. The fraction of sp³-hybridized carbons (Fsp3) is 0.800. The first-order chi connectivity index (χ1) is 6.63. The number of carbonyl (C=O) groups excluding carboxylic acids is 1. The van der Waals surface area contributed by atoms with Gasteiger partial charge in [-0.05, 0) is 26.7 Å². The summed E-state index contributed by atoms with van der Waals surface area (Å²) in [7, 11) is 0. The van der Waals surface area contributed by atoms with Crippen molar-refractivity contribution < 1.29 is 4.79 Å². The Kier molecular flexibility index (Phi) is 3.75. The van der Waals surface area contributed by atoms with E-state index in [-0.39, 0.29) is 18.0 Å². The van der Waals surface area contributed by atoms with E-state index in [1.165, 1.54) is 0 Å². The lowest BCUT2D eigenvalue weighted by Crippen LogP contribution is -2.47. The number of piperidine rings is 1. The summed E-state index contributed by atoms with van der Waals surface area (Å²) in [6, 6.07) is 2.34. The molecule has 78 valence electrons. The van der Waals surface area contributed by atoms with Crippen LogP contribution in [-0.2, 0) is 0 Å². The second-order valence-corrected chi connectivity index (χ2v) is 4.02. The van der Waals surface area contributed by atoms with Crippen molar-refractivity contribution in [2.24, 2.45) is 5.92 Å². The molecule has 1 atom stereocenters. The lowest BCUT2D eigenvalue weighted by Gasteiger charge is -2.30. The largest absolute Gasteiger partial charge is 0.336 e. The number of hydrogen-bond acceptors (Lipinski definition) is 2. The number of rotatable bonds is 1. The fourth-order valence-electron chi connectivity index (χ4n) is 1.61. The molecule has 0 radical (unpaired) electrons. The van der Waals surface area contributed by atoms with Gasteiger partial charge in [-0.2, -0.15) is 5.26 Å². The van der Waals surface area contributed by atoms with Crippen LogP contribution in [0.1, 0.15) is 26.7 Å². The zero-order valence-corrected chi connectivity index (χ0v) is 8.79. The van der Waals surface area contributed by atoms with Crippen LogP contribution in [0.5, 0.6) is 0 Å². The summed E-state index contributed by atoms with van der Waals surface area (Å²) in [4.78, 5) is 13.3. The highest BCUT2D eigenvalue weighted by Gasteiger charge is 2.23. The Morgan fingerprint density at radius 1 is 1.64 bits per heavy atom. The van der Waals surface area contributed by atoms with Crippen LogP contribution in [0.25, 0.3) is 0 Å². The Hall–Kier alpha value is -1.24. The van der Waals surface area contributed by atoms with E-state index in [9.17, 15) is 4.79 Å². The van der Waals surface area contributed by atoms with Gasteiger partial charge in [0.05, 0.1) is 12.0 Å². The highest BCUT2D eigenvalue weighted by molar-refractivity contribution is 5.74. The minimum Gasteiger partial charge on any atom is -0.336 e. The van der Waals surface area contributed by atoms with E-state index in [0.717, 1.165) is 19.4 Å². The molecule has 1 aliphatic heterocycles. The first-order valence-corrected chi connectivity index (χ1v) is 5.08. The van der Waals surface area contributed by atoms with Crippen LogP contribution in [0.4, 0.5) is 4.79 Å². The lowest BCUT2D eigenvalue weighted by atomic mass is 10.0. The topological polar surface area (TPSA) is 56.1 Å². The summed E-state index contributed by atoms with van der Waals surface area (Å²) >= 11 is 0. The maximum absolute atomic E-state index is 11.6. The van der Waals surface area contributed by atoms with Crippen LogP contribution in [0.3, 0.4) is 0 Å². The molecule has 4 heteroatoms. The van der Waals surface area contributed by atoms with Crippen molar-refractivity contribution in [3.05, 3.63) is 0 Å². The molecule has 1 unspecified atom stereocenters. The zero-order chi connectivity index (χ0) is 10.6. The van der Waals surface area contributed by atoms with Gasteiger partial charge in [-0.1, -0.05) is 0 Å². The molecule has 0 aromatic heterocycles. The molecule has 0 aromatic carbocycles. The number of nitrogens with zero attached hydrogens (tertiary/aromatic N) is 2. The maximum Gasteiger partial charge on any atom is 0.317 e. The monoisotopic (exact) mass is 195 g/mol. The number of nitrogens with one attached hydrogen (secondary N) is 1. The van der Waals surface area contributed by atoms with Crippen LogP contribution in [0, 0.1) is 17.2 Å². The summed E-state index contributed by atoms with van der Waals surface area (Å²) < 4.78 is 0. The number of hydrogen-bond donors (Lipinski definition) is 1. The third-order valence-electron chi connectivity index (χ3n) is 2.30. The van der Waals surface area contributed by atoms with E-state index in [0.29, 0.717) is 6.54 Å². The van der Waals surface area contributed by atoms with Crippen LogP contribution in [0.2, 0.25) is 0 Å². The van der Waals surface area contributed by atoms with Crippen LogP contribution < -0.4 is 5.32 Å². The van der Waals surface area contributed by atoms with E-state index in [4.69, 9.17) is 5.26 Å².